The molecule has 1 aromatic rings. The standard InChI is InChI=1S/C11H20N4O2/c1-7(6-16)5-12-9(17)8-13-10(15-14-8)11(2,3)4/h7,16H,5-6H2,1-4H3,(H,12,17)(H,13,14,15). The highest BCUT2D eigenvalue weighted by Crippen LogP contribution is 2.17. The molecule has 1 atom stereocenters. The summed E-state index contributed by atoms with van der Waals surface area (Å²) in [6.07, 6.45) is 0. The van der Waals surface area contributed by atoms with Gasteiger partial charge in [0, 0.05) is 18.6 Å². The Kier molecular flexibility index (Phi) is 4.22. The van der Waals surface area contributed by atoms with Crippen LogP contribution in [0.5, 0.6) is 0 Å². The van der Waals surface area contributed by atoms with Gasteiger partial charge >= 0.3 is 0 Å². The van der Waals surface area contributed by atoms with Crippen molar-refractivity contribution < 1.29 is 9.90 Å². The Morgan fingerprint density at radius 2 is 2.18 bits per heavy atom. The summed E-state index contributed by atoms with van der Waals surface area (Å²) in [4.78, 5) is 15.8. The number of aromatic amines is 1. The number of nitrogens with one attached hydrogen (secondary N) is 2. The van der Waals surface area contributed by atoms with E-state index in [0.29, 0.717) is 12.4 Å². The van der Waals surface area contributed by atoms with Gasteiger partial charge in [-0.15, -0.1) is 5.10 Å². The third kappa shape index (κ3) is 3.81. The molecule has 0 radical (unpaired) electrons. The van der Waals surface area contributed by atoms with E-state index < -0.39 is 0 Å². The molecular formula is C11H20N4O2. The fraction of sp³-hybridized carbons (Fsp3) is 0.727. The lowest BCUT2D eigenvalue weighted by molar-refractivity contribution is 0.0932. The highest BCUT2D eigenvalue weighted by molar-refractivity contribution is 5.90. The number of rotatable bonds is 4. The molecule has 6 nitrogen and oxygen atoms in total. The second-order valence-corrected chi connectivity index (χ2v) is 5.26. The summed E-state index contributed by atoms with van der Waals surface area (Å²) in [7, 11) is 0. The number of hydrogen-bond donors (Lipinski definition) is 3. The van der Waals surface area contributed by atoms with Crippen LogP contribution >= 0.6 is 0 Å². The summed E-state index contributed by atoms with van der Waals surface area (Å²) in [6.45, 7) is 8.27. The Morgan fingerprint density at radius 3 is 2.65 bits per heavy atom. The smallest absolute Gasteiger partial charge is 0.290 e. The van der Waals surface area contributed by atoms with Gasteiger partial charge in [0.15, 0.2) is 0 Å². The van der Waals surface area contributed by atoms with E-state index in [2.05, 4.69) is 20.5 Å². The van der Waals surface area contributed by atoms with Gasteiger partial charge in [-0.25, -0.2) is 4.98 Å². The van der Waals surface area contributed by atoms with Gasteiger partial charge < -0.3 is 10.4 Å². The summed E-state index contributed by atoms with van der Waals surface area (Å²) >= 11 is 0. The Hall–Kier alpha value is -1.43. The van der Waals surface area contributed by atoms with Crippen LogP contribution in [0.1, 0.15) is 44.1 Å². The molecular weight excluding hydrogens is 220 g/mol. The van der Waals surface area contributed by atoms with Crippen molar-refractivity contribution >= 4 is 5.91 Å². The number of nitrogens with zero attached hydrogens (tertiary/aromatic N) is 2. The Morgan fingerprint density at radius 1 is 1.53 bits per heavy atom. The lowest BCUT2D eigenvalue weighted by Crippen LogP contribution is -2.30. The molecule has 96 valence electrons. The van der Waals surface area contributed by atoms with Crippen LogP contribution < -0.4 is 5.32 Å². The van der Waals surface area contributed by atoms with Gasteiger partial charge in [0.1, 0.15) is 5.82 Å². The molecule has 0 saturated carbocycles. The molecule has 1 amide bonds. The number of aliphatic hydroxyl groups excluding tert-OH is 1. The van der Waals surface area contributed by atoms with Crippen LogP contribution in [0.2, 0.25) is 0 Å². The molecule has 0 aliphatic carbocycles. The van der Waals surface area contributed by atoms with Crippen LogP contribution in [-0.4, -0.2) is 39.3 Å². The van der Waals surface area contributed by atoms with E-state index in [-0.39, 0.29) is 29.7 Å². The van der Waals surface area contributed by atoms with E-state index in [4.69, 9.17) is 5.11 Å². The molecule has 1 heterocycles. The number of carbonyl (C=O) groups is 1. The van der Waals surface area contributed by atoms with Crippen LogP contribution in [-0.2, 0) is 5.41 Å². The van der Waals surface area contributed by atoms with Gasteiger partial charge in [0.25, 0.3) is 5.91 Å². The zero-order valence-electron chi connectivity index (χ0n) is 10.7. The Balaban J connectivity index is 2.61. The van der Waals surface area contributed by atoms with Crippen LogP contribution in [0.4, 0.5) is 0 Å². The van der Waals surface area contributed by atoms with Gasteiger partial charge in [0.05, 0.1) is 0 Å². The molecule has 1 rings (SSSR count). The first-order chi connectivity index (χ1) is 7.84. The van der Waals surface area contributed by atoms with E-state index in [1.807, 2.05) is 27.7 Å². The zero-order chi connectivity index (χ0) is 13.1. The van der Waals surface area contributed by atoms with Crippen LogP contribution in [0.3, 0.4) is 0 Å². The van der Waals surface area contributed by atoms with Crippen molar-refractivity contribution in [3.63, 3.8) is 0 Å². The average molecular weight is 240 g/mol. The predicted octanol–water partition coefficient (Wildman–Crippen LogP) is 0.460. The molecule has 1 unspecified atom stereocenters. The Labute approximate surface area is 101 Å². The van der Waals surface area contributed by atoms with E-state index in [0.717, 1.165) is 0 Å². The van der Waals surface area contributed by atoms with Crippen molar-refractivity contribution in [2.24, 2.45) is 5.92 Å². The average Bonchev–Trinajstić information content (AvgIpc) is 2.74. The summed E-state index contributed by atoms with van der Waals surface area (Å²) < 4.78 is 0. The van der Waals surface area contributed by atoms with Crippen molar-refractivity contribution in [1.82, 2.24) is 20.5 Å². The molecule has 0 fully saturated rings. The summed E-state index contributed by atoms with van der Waals surface area (Å²) in [5, 5.41) is 18.1. The number of H-pyrrole nitrogens is 1. The molecule has 17 heavy (non-hydrogen) atoms. The maximum atomic E-state index is 11.7. The molecule has 0 saturated heterocycles. The molecule has 0 aliphatic rings. The Bertz CT molecular complexity index is 381. The van der Waals surface area contributed by atoms with E-state index in [1.54, 1.807) is 0 Å². The maximum absolute atomic E-state index is 11.7. The molecule has 0 aromatic carbocycles. The lowest BCUT2D eigenvalue weighted by atomic mass is 9.96. The van der Waals surface area contributed by atoms with Gasteiger partial charge in [-0.05, 0) is 5.92 Å². The minimum atomic E-state index is -0.322. The SMILES string of the molecule is CC(CO)CNC(=O)c1n[nH]c(C(C)(C)C)n1. The summed E-state index contributed by atoms with van der Waals surface area (Å²) in [5.74, 6) is 0.523. The number of aliphatic hydroxyl groups is 1. The summed E-state index contributed by atoms with van der Waals surface area (Å²) in [6, 6.07) is 0. The van der Waals surface area contributed by atoms with Crippen molar-refractivity contribution in [1.29, 1.82) is 0 Å². The van der Waals surface area contributed by atoms with Crippen LogP contribution in [0, 0.1) is 5.92 Å². The van der Waals surface area contributed by atoms with Crippen LogP contribution in [0.25, 0.3) is 0 Å². The highest BCUT2D eigenvalue weighted by atomic mass is 16.3. The van der Waals surface area contributed by atoms with Gasteiger partial charge in [-0.3, -0.25) is 9.89 Å². The molecule has 0 spiro atoms. The minimum Gasteiger partial charge on any atom is -0.396 e. The van der Waals surface area contributed by atoms with Crippen molar-refractivity contribution in [2.45, 2.75) is 33.1 Å². The van der Waals surface area contributed by atoms with Crippen molar-refractivity contribution in [3.05, 3.63) is 11.6 Å². The second-order valence-electron chi connectivity index (χ2n) is 5.26. The molecule has 0 bridgehead atoms. The lowest BCUT2D eigenvalue weighted by Gasteiger charge is -2.12. The number of carbonyl (C=O) groups excluding carboxylic acids is 1. The highest BCUT2D eigenvalue weighted by Gasteiger charge is 2.21. The third-order valence-corrected chi connectivity index (χ3v) is 2.32. The quantitative estimate of drug-likeness (QED) is 0.713. The number of aromatic nitrogens is 3. The van der Waals surface area contributed by atoms with Gasteiger partial charge in [-0.2, -0.15) is 0 Å². The van der Waals surface area contributed by atoms with Crippen LogP contribution in [0.15, 0.2) is 0 Å². The van der Waals surface area contributed by atoms with Crippen molar-refractivity contribution in [2.75, 3.05) is 13.2 Å². The predicted molar refractivity (Wildman–Crippen MR) is 63.7 cm³/mol. The maximum Gasteiger partial charge on any atom is 0.290 e. The van der Waals surface area contributed by atoms with E-state index in [1.165, 1.54) is 0 Å². The first kappa shape index (κ1) is 13.6. The molecule has 1 aromatic heterocycles. The second kappa shape index (κ2) is 5.27. The zero-order valence-corrected chi connectivity index (χ0v) is 10.7. The van der Waals surface area contributed by atoms with Crippen molar-refractivity contribution in [3.8, 4) is 0 Å². The van der Waals surface area contributed by atoms with Gasteiger partial charge in [-0.1, -0.05) is 27.7 Å². The molecule has 6 heteroatoms. The summed E-state index contributed by atoms with van der Waals surface area (Å²) in [5.41, 5.74) is -0.163. The fourth-order valence-electron chi connectivity index (χ4n) is 1.11. The normalized spacial score (nSPS) is 13.5. The third-order valence-electron chi connectivity index (χ3n) is 2.32. The minimum absolute atomic E-state index is 0.0278. The number of hydrogen-bond acceptors (Lipinski definition) is 4. The number of amides is 1. The van der Waals surface area contributed by atoms with E-state index in [9.17, 15) is 4.79 Å². The first-order valence-corrected chi connectivity index (χ1v) is 5.66. The monoisotopic (exact) mass is 240 g/mol. The topological polar surface area (TPSA) is 90.9 Å². The molecule has 0 aliphatic heterocycles. The fourth-order valence-corrected chi connectivity index (χ4v) is 1.11. The molecule has 3 N–H and O–H groups in total. The first-order valence-electron chi connectivity index (χ1n) is 5.66. The van der Waals surface area contributed by atoms with Gasteiger partial charge in [0.2, 0.25) is 5.82 Å². The largest absolute Gasteiger partial charge is 0.396 e. The van der Waals surface area contributed by atoms with E-state index >= 15 is 0 Å².